The fourth-order valence-electron chi connectivity index (χ4n) is 2.48. The summed E-state index contributed by atoms with van der Waals surface area (Å²) in [6.07, 6.45) is 8.52. The van der Waals surface area contributed by atoms with Crippen molar-refractivity contribution in [2.45, 2.75) is 45.4 Å². The molecule has 21 heavy (non-hydrogen) atoms. The van der Waals surface area contributed by atoms with E-state index < -0.39 is 0 Å². The molecular formula is C19H24O2. The summed E-state index contributed by atoms with van der Waals surface area (Å²) < 4.78 is 5.81. The zero-order valence-electron chi connectivity index (χ0n) is 12.8. The van der Waals surface area contributed by atoms with Gasteiger partial charge in [0.1, 0.15) is 12.0 Å². The van der Waals surface area contributed by atoms with Crippen LogP contribution in [0, 0.1) is 0 Å². The third-order valence-electron chi connectivity index (χ3n) is 3.74. The molecule has 0 heterocycles. The molecule has 2 heteroatoms. The molecule has 0 radical (unpaired) electrons. The molecule has 0 spiro atoms. The summed E-state index contributed by atoms with van der Waals surface area (Å²) in [5, 5.41) is 2.19. The number of hydrogen-bond donors (Lipinski definition) is 0. The monoisotopic (exact) mass is 284 g/mol. The Bertz CT molecular complexity index is 575. The molecule has 112 valence electrons. The van der Waals surface area contributed by atoms with Gasteiger partial charge >= 0.3 is 0 Å². The van der Waals surface area contributed by atoms with E-state index in [0.717, 1.165) is 35.8 Å². The first-order valence-electron chi connectivity index (χ1n) is 7.95. The van der Waals surface area contributed by atoms with Crippen LogP contribution in [0.3, 0.4) is 0 Å². The average molecular weight is 284 g/mol. The van der Waals surface area contributed by atoms with E-state index in [2.05, 4.69) is 6.92 Å². The van der Waals surface area contributed by atoms with Crippen LogP contribution in [0.1, 0.15) is 55.8 Å². The molecule has 0 saturated carbocycles. The number of hydrogen-bond acceptors (Lipinski definition) is 2. The maximum absolute atomic E-state index is 10.8. The highest BCUT2D eigenvalue weighted by Crippen LogP contribution is 2.22. The Hall–Kier alpha value is -1.83. The predicted octanol–water partition coefficient (Wildman–Crippen LogP) is 5.39. The molecule has 0 unspecified atom stereocenters. The van der Waals surface area contributed by atoms with Crippen molar-refractivity contribution in [2.75, 3.05) is 6.61 Å². The molecule has 0 fully saturated rings. The summed E-state index contributed by atoms with van der Waals surface area (Å²) in [7, 11) is 0. The van der Waals surface area contributed by atoms with Gasteiger partial charge in [-0.25, -0.2) is 0 Å². The van der Waals surface area contributed by atoms with Gasteiger partial charge in [-0.3, -0.25) is 4.79 Å². The van der Waals surface area contributed by atoms with E-state index >= 15 is 0 Å². The van der Waals surface area contributed by atoms with Crippen molar-refractivity contribution >= 4 is 17.1 Å². The molecule has 0 N–H and O–H groups in total. The van der Waals surface area contributed by atoms with Gasteiger partial charge in [0, 0.05) is 5.56 Å². The number of fused-ring (bicyclic) bond motifs is 1. The average Bonchev–Trinajstić information content (AvgIpc) is 2.53. The molecule has 2 nitrogen and oxygen atoms in total. The van der Waals surface area contributed by atoms with Crippen LogP contribution < -0.4 is 4.74 Å². The second kappa shape index (κ2) is 8.46. The van der Waals surface area contributed by atoms with E-state index in [1.165, 1.54) is 32.1 Å². The minimum Gasteiger partial charge on any atom is -0.494 e. The number of aldehydes is 1. The van der Waals surface area contributed by atoms with Crippen molar-refractivity contribution in [3.05, 3.63) is 42.0 Å². The quantitative estimate of drug-likeness (QED) is 0.455. The SMILES string of the molecule is CCCCCCCCOc1ccc2cc(C=O)ccc2c1. The predicted molar refractivity (Wildman–Crippen MR) is 88.2 cm³/mol. The second-order valence-electron chi connectivity index (χ2n) is 5.50. The molecule has 0 saturated heterocycles. The zero-order chi connectivity index (χ0) is 14.9. The molecule has 2 aromatic carbocycles. The molecule has 2 aromatic rings. The van der Waals surface area contributed by atoms with Crippen molar-refractivity contribution in [3.8, 4) is 5.75 Å². The summed E-state index contributed by atoms with van der Waals surface area (Å²) in [4.78, 5) is 10.8. The number of rotatable bonds is 9. The molecule has 0 bridgehead atoms. The Morgan fingerprint density at radius 3 is 2.43 bits per heavy atom. The number of carbonyl (C=O) groups is 1. The van der Waals surface area contributed by atoms with Crippen LogP contribution in [0.15, 0.2) is 36.4 Å². The summed E-state index contributed by atoms with van der Waals surface area (Å²) in [5.41, 5.74) is 0.711. The Labute approximate surface area is 127 Å². The third kappa shape index (κ3) is 4.89. The third-order valence-corrected chi connectivity index (χ3v) is 3.74. The van der Waals surface area contributed by atoms with Crippen LogP contribution in [0.5, 0.6) is 5.75 Å². The van der Waals surface area contributed by atoms with Crippen LogP contribution in [0.4, 0.5) is 0 Å². The lowest BCUT2D eigenvalue weighted by atomic mass is 10.1. The Morgan fingerprint density at radius 2 is 1.62 bits per heavy atom. The first-order valence-corrected chi connectivity index (χ1v) is 7.95. The van der Waals surface area contributed by atoms with Crippen LogP contribution in [0.25, 0.3) is 10.8 Å². The van der Waals surface area contributed by atoms with Crippen LogP contribution in [0.2, 0.25) is 0 Å². The van der Waals surface area contributed by atoms with Gasteiger partial charge in [-0.05, 0) is 35.4 Å². The highest BCUT2D eigenvalue weighted by atomic mass is 16.5. The minimum atomic E-state index is 0.711. The summed E-state index contributed by atoms with van der Waals surface area (Å²) >= 11 is 0. The van der Waals surface area contributed by atoms with Crippen molar-refractivity contribution in [2.24, 2.45) is 0 Å². The Kier molecular flexibility index (Phi) is 6.26. The van der Waals surface area contributed by atoms with Crippen molar-refractivity contribution in [1.82, 2.24) is 0 Å². The summed E-state index contributed by atoms with van der Waals surface area (Å²) in [6, 6.07) is 11.7. The lowest BCUT2D eigenvalue weighted by Gasteiger charge is -2.07. The molecule has 0 aliphatic carbocycles. The Morgan fingerprint density at radius 1 is 0.905 bits per heavy atom. The number of carbonyl (C=O) groups excluding carboxylic acids is 1. The van der Waals surface area contributed by atoms with E-state index in [9.17, 15) is 4.79 Å². The maximum atomic E-state index is 10.8. The van der Waals surface area contributed by atoms with Gasteiger partial charge in [-0.1, -0.05) is 57.2 Å². The first kappa shape index (κ1) is 15.6. The van der Waals surface area contributed by atoms with Gasteiger partial charge in [-0.2, -0.15) is 0 Å². The fraction of sp³-hybridized carbons (Fsp3) is 0.421. The first-order chi connectivity index (χ1) is 10.3. The van der Waals surface area contributed by atoms with Crippen LogP contribution in [-0.4, -0.2) is 12.9 Å². The standard InChI is InChI=1S/C19H24O2/c1-2-3-4-5-6-7-12-21-19-11-10-17-13-16(15-20)8-9-18(17)14-19/h8-11,13-15H,2-7,12H2,1H3. The van der Waals surface area contributed by atoms with Gasteiger partial charge in [0.05, 0.1) is 6.61 Å². The second-order valence-corrected chi connectivity index (χ2v) is 5.50. The van der Waals surface area contributed by atoms with Crippen molar-refractivity contribution < 1.29 is 9.53 Å². The maximum Gasteiger partial charge on any atom is 0.150 e. The number of unbranched alkanes of at least 4 members (excludes halogenated alkanes) is 5. The summed E-state index contributed by atoms with van der Waals surface area (Å²) in [5.74, 6) is 0.912. The van der Waals surface area contributed by atoms with Gasteiger partial charge in [-0.15, -0.1) is 0 Å². The lowest BCUT2D eigenvalue weighted by Crippen LogP contribution is -1.97. The number of ether oxygens (including phenoxy) is 1. The fourth-order valence-corrected chi connectivity index (χ4v) is 2.48. The largest absolute Gasteiger partial charge is 0.494 e. The molecule has 0 atom stereocenters. The van der Waals surface area contributed by atoms with Crippen molar-refractivity contribution in [1.29, 1.82) is 0 Å². The smallest absolute Gasteiger partial charge is 0.150 e. The minimum absolute atomic E-state index is 0.711. The van der Waals surface area contributed by atoms with E-state index in [-0.39, 0.29) is 0 Å². The van der Waals surface area contributed by atoms with Gasteiger partial charge < -0.3 is 4.74 Å². The topological polar surface area (TPSA) is 26.3 Å². The normalized spacial score (nSPS) is 10.7. The molecule has 2 rings (SSSR count). The van der Waals surface area contributed by atoms with E-state index in [4.69, 9.17) is 4.74 Å². The van der Waals surface area contributed by atoms with E-state index in [0.29, 0.717) is 5.56 Å². The molecule has 0 aliphatic heterocycles. The van der Waals surface area contributed by atoms with Crippen molar-refractivity contribution in [3.63, 3.8) is 0 Å². The number of benzene rings is 2. The van der Waals surface area contributed by atoms with Crippen LogP contribution >= 0.6 is 0 Å². The molecule has 0 aliphatic rings. The van der Waals surface area contributed by atoms with E-state index in [1.807, 2.05) is 36.4 Å². The lowest BCUT2D eigenvalue weighted by molar-refractivity contribution is 0.112. The van der Waals surface area contributed by atoms with Gasteiger partial charge in [0.15, 0.2) is 0 Å². The van der Waals surface area contributed by atoms with Crippen LogP contribution in [-0.2, 0) is 0 Å². The Balaban J connectivity index is 1.81. The van der Waals surface area contributed by atoms with E-state index in [1.54, 1.807) is 0 Å². The highest BCUT2D eigenvalue weighted by molar-refractivity contribution is 5.89. The zero-order valence-corrected chi connectivity index (χ0v) is 12.8. The molecule has 0 amide bonds. The highest BCUT2D eigenvalue weighted by Gasteiger charge is 1.99. The van der Waals surface area contributed by atoms with Gasteiger partial charge in [0.25, 0.3) is 0 Å². The molecule has 0 aromatic heterocycles. The summed E-state index contributed by atoms with van der Waals surface area (Å²) in [6.45, 7) is 3.02. The molecular weight excluding hydrogens is 260 g/mol. The van der Waals surface area contributed by atoms with Gasteiger partial charge in [0.2, 0.25) is 0 Å².